The summed E-state index contributed by atoms with van der Waals surface area (Å²) < 4.78 is 10.3. The van der Waals surface area contributed by atoms with E-state index in [0.717, 1.165) is 19.4 Å². The molecule has 0 aromatic carbocycles. The number of carbonyl (C=O) groups is 1. The Balaban J connectivity index is 1.80. The van der Waals surface area contributed by atoms with Crippen molar-refractivity contribution in [1.29, 1.82) is 0 Å². The van der Waals surface area contributed by atoms with Crippen molar-refractivity contribution in [3.8, 4) is 0 Å². The Labute approximate surface area is 105 Å². The van der Waals surface area contributed by atoms with Crippen molar-refractivity contribution in [1.82, 2.24) is 15.5 Å². The van der Waals surface area contributed by atoms with Crippen LogP contribution in [0.15, 0.2) is 4.42 Å². The van der Waals surface area contributed by atoms with Crippen molar-refractivity contribution in [2.45, 2.75) is 31.7 Å². The molecule has 1 atom stereocenters. The Kier molecular flexibility index (Phi) is 4.66. The maximum Gasteiger partial charge on any atom is 0.322 e. The van der Waals surface area contributed by atoms with E-state index < -0.39 is 0 Å². The van der Waals surface area contributed by atoms with Crippen molar-refractivity contribution in [2.75, 3.05) is 25.6 Å². The van der Waals surface area contributed by atoms with E-state index >= 15 is 0 Å². The molecule has 1 aliphatic rings. The molecule has 1 amide bonds. The molecule has 1 unspecified atom stereocenters. The Morgan fingerprint density at radius 1 is 1.61 bits per heavy atom. The van der Waals surface area contributed by atoms with Gasteiger partial charge in [0, 0.05) is 20.1 Å². The van der Waals surface area contributed by atoms with Crippen molar-refractivity contribution in [2.24, 2.45) is 0 Å². The molecule has 7 nitrogen and oxygen atoms in total. The highest BCUT2D eigenvalue weighted by Crippen LogP contribution is 2.22. The van der Waals surface area contributed by atoms with Crippen LogP contribution in [0.5, 0.6) is 0 Å². The SMILES string of the molecule is COCCCC(=O)Nc1nnc(C2CCCN2)o1. The molecule has 2 N–H and O–H groups in total. The minimum atomic E-state index is -0.137. The Morgan fingerprint density at radius 2 is 2.50 bits per heavy atom. The molecule has 0 saturated carbocycles. The number of methoxy groups -OCH3 is 1. The molecule has 7 heteroatoms. The lowest BCUT2D eigenvalue weighted by molar-refractivity contribution is -0.116. The summed E-state index contributed by atoms with van der Waals surface area (Å²) in [4.78, 5) is 11.5. The standard InChI is InChI=1S/C11H18N4O3/c1-17-7-3-5-9(16)13-11-15-14-10(18-11)8-4-2-6-12-8/h8,12H,2-7H2,1H3,(H,13,15,16). The molecule has 1 aromatic heterocycles. The molecule has 2 heterocycles. The maximum absolute atomic E-state index is 11.5. The van der Waals surface area contributed by atoms with Crippen molar-refractivity contribution in [3.05, 3.63) is 5.89 Å². The van der Waals surface area contributed by atoms with Gasteiger partial charge in [-0.05, 0) is 25.8 Å². The molecule has 0 radical (unpaired) electrons. The zero-order valence-electron chi connectivity index (χ0n) is 10.4. The van der Waals surface area contributed by atoms with Crippen LogP contribution in [0.1, 0.15) is 37.6 Å². The molecular weight excluding hydrogens is 236 g/mol. The third kappa shape index (κ3) is 3.51. The van der Waals surface area contributed by atoms with Gasteiger partial charge in [-0.25, -0.2) is 0 Å². The summed E-state index contributed by atoms with van der Waals surface area (Å²) in [5.74, 6) is 0.404. The summed E-state index contributed by atoms with van der Waals surface area (Å²) in [6.07, 6.45) is 3.15. The molecule has 1 saturated heterocycles. The van der Waals surface area contributed by atoms with E-state index in [0.29, 0.717) is 25.3 Å². The minimum absolute atomic E-state index is 0.122. The maximum atomic E-state index is 11.5. The highest BCUT2D eigenvalue weighted by Gasteiger charge is 2.22. The lowest BCUT2D eigenvalue weighted by Gasteiger charge is -2.02. The summed E-state index contributed by atoms with van der Waals surface area (Å²) in [6.45, 7) is 1.53. The van der Waals surface area contributed by atoms with Crippen LogP contribution in [0, 0.1) is 0 Å². The van der Waals surface area contributed by atoms with Gasteiger partial charge in [-0.15, -0.1) is 5.10 Å². The number of aromatic nitrogens is 2. The van der Waals surface area contributed by atoms with Crippen molar-refractivity contribution >= 4 is 11.9 Å². The van der Waals surface area contributed by atoms with Crippen LogP contribution in [-0.2, 0) is 9.53 Å². The molecular formula is C11H18N4O3. The van der Waals surface area contributed by atoms with E-state index in [2.05, 4.69) is 20.8 Å². The summed E-state index contributed by atoms with van der Waals surface area (Å²) in [5, 5.41) is 13.6. The van der Waals surface area contributed by atoms with Crippen LogP contribution in [0.2, 0.25) is 0 Å². The number of nitrogens with zero attached hydrogens (tertiary/aromatic N) is 2. The number of rotatable bonds is 6. The summed E-state index contributed by atoms with van der Waals surface area (Å²) in [7, 11) is 1.61. The lowest BCUT2D eigenvalue weighted by Crippen LogP contribution is -2.13. The van der Waals surface area contributed by atoms with Crippen molar-refractivity contribution in [3.63, 3.8) is 0 Å². The fraction of sp³-hybridized carbons (Fsp3) is 0.727. The third-order valence-corrected chi connectivity index (χ3v) is 2.80. The first kappa shape index (κ1) is 13.0. The minimum Gasteiger partial charge on any atom is -0.406 e. The van der Waals surface area contributed by atoms with E-state index in [1.54, 1.807) is 7.11 Å². The first-order valence-corrected chi connectivity index (χ1v) is 6.15. The molecule has 18 heavy (non-hydrogen) atoms. The summed E-state index contributed by atoms with van der Waals surface area (Å²) >= 11 is 0. The number of anilines is 1. The molecule has 1 aliphatic heterocycles. The summed E-state index contributed by atoms with van der Waals surface area (Å²) in [6, 6.07) is 0.290. The van der Waals surface area contributed by atoms with Gasteiger partial charge in [0.25, 0.3) is 0 Å². The fourth-order valence-corrected chi connectivity index (χ4v) is 1.88. The van der Waals surface area contributed by atoms with Crippen LogP contribution in [0.4, 0.5) is 6.01 Å². The van der Waals surface area contributed by atoms with Crippen LogP contribution in [0.3, 0.4) is 0 Å². The normalized spacial score (nSPS) is 19.1. The molecule has 2 rings (SSSR count). The first-order chi connectivity index (χ1) is 8.79. The number of ether oxygens (including phenoxy) is 1. The Bertz CT molecular complexity index is 387. The average molecular weight is 254 g/mol. The van der Waals surface area contributed by atoms with Crippen LogP contribution in [0.25, 0.3) is 0 Å². The van der Waals surface area contributed by atoms with E-state index in [1.807, 2.05) is 0 Å². The van der Waals surface area contributed by atoms with Gasteiger partial charge in [-0.3, -0.25) is 10.1 Å². The van der Waals surface area contributed by atoms with E-state index in [4.69, 9.17) is 9.15 Å². The average Bonchev–Trinajstić information content (AvgIpc) is 2.98. The number of amides is 1. The summed E-state index contributed by atoms with van der Waals surface area (Å²) in [5.41, 5.74) is 0. The highest BCUT2D eigenvalue weighted by atomic mass is 16.5. The van der Waals surface area contributed by atoms with E-state index in [-0.39, 0.29) is 18.0 Å². The van der Waals surface area contributed by atoms with Gasteiger partial charge in [0.2, 0.25) is 11.8 Å². The Morgan fingerprint density at radius 3 is 3.22 bits per heavy atom. The van der Waals surface area contributed by atoms with Gasteiger partial charge >= 0.3 is 6.01 Å². The third-order valence-electron chi connectivity index (χ3n) is 2.80. The van der Waals surface area contributed by atoms with Gasteiger partial charge in [-0.1, -0.05) is 5.10 Å². The van der Waals surface area contributed by atoms with E-state index in [9.17, 15) is 4.79 Å². The molecule has 0 aliphatic carbocycles. The van der Waals surface area contributed by atoms with Gasteiger partial charge in [0.15, 0.2) is 0 Å². The predicted octanol–water partition coefficient (Wildman–Crippen LogP) is 0.859. The zero-order valence-corrected chi connectivity index (χ0v) is 10.4. The fourth-order valence-electron chi connectivity index (χ4n) is 1.88. The number of carbonyl (C=O) groups excluding carboxylic acids is 1. The molecule has 0 spiro atoms. The van der Waals surface area contributed by atoms with Gasteiger partial charge < -0.3 is 14.5 Å². The second kappa shape index (κ2) is 6.46. The number of nitrogens with one attached hydrogen (secondary N) is 2. The zero-order chi connectivity index (χ0) is 12.8. The monoisotopic (exact) mass is 254 g/mol. The highest BCUT2D eigenvalue weighted by molar-refractivity contribution is 5.88. The molecule has 0 bridgehead atoms. The van der Waals surface area contributed by atoms with Crippen LogP contribution >= 0.6 is 0 Å². The molecule has 100 valence electrons. The predicted molar refractivity (Wildman–Crippen MR) is 64.0 cm³/mol. The van der Waals surface area contributed by atoms with E-state index in [1.165, 1.54) is 0 Å². The lowest BCUT2D eigenvalue weighted by atomic mass is 10.2. The van der Waals surface area contributed by atoms with Crippen molar-refractivity contribution < 1.29 is 13.9 Å². The first-order valence-electron chi connectivity index (χ1n) is 6.15. The Hall–Kier alpha value is -1.47. The number of hydrogen-bond acceptors (Lipinski definition) is 6. The molecule has 1 fully saturated rings. The molecule has 1 aromatic rings. The largest absolute Gasteiger partial charge is 0.406 e. The second-order valence-corrected chi connectivity index (χ2v) is 4.24. The quantitative estimate of drug-likeness (QED) is 0.732. The topological polar surface area (TPSA) is 89.3 Å². The van der Waals surface area contributed by atoms with Crippen LogP contribution in [-0.4, -0.2) is 36.4 Å². The van der Waals surface area contributed by atoms with Gasteiger partial charge in [0.1, 0.15) is 0 Å². The second-order valence-electron chi connectivity index (χ2n) is 4.24. The number of hydrogen-bond donors (Lipinski definition) is 2. The smallest absolute Gasteiger partial charge is 0.322 e. The van der Waals surface area contributed by atoms with Gasteiger partial charge in [0.05, 0.1) is 6.04 Å². The van der Waals surface area contributed by atoms with Crippen LogP contribution < -0.4 is 10.6 Å². The van der Waals surface area contributed by atoms with Gasteiger partial charge in [-0.2, -0.15) is 0 Å².